The van der Waals surface area contributed by atoms with Crippen LogP contribution in [-0.2, 0) is 7.05 Å². The molecule has 0 spiro atoms. The molecule has 1 N–H and O–H groups in total. The van der Waals surface area contributed by atoms with Crippen LogP contribution in [0.5, 0.6) is 0 Å². The van der Waals surface area contributed by atoms with Crippen LogP contribution in [0.25, 0.3) is 0 Å². The number of halogens is 3. The van der Waals surface area contributed by atoms with E-state index in [0.717, 1.165) is 24.7 Å². The van der Waals surface area contributed by atoms with Crippen LogP contribution in [0.4, 0.5) is 8.78 Å². The molecule has 0 radical (unpaired) electrons. The van der Waals surface area contributed by atoms with Crippen molar-refractivity contribution in [1.29, 1.82) is 0 Å². The Morgan fingerprint density at radius 1 is 1.35 bits per heavy atom. The number of aryl methyl sites for hydroxylation is 1. The van der Waals surface area contributed by atoms with Crippen LogP contribution >= 0.6 is 15.9 Å². The van der Waals surface area contributed by atoms with Gasteiger partial charge in [0, 0.05) is 7.05 Å². The molecule has 1 unspecified atom stereocenters. The van der Waals surface area contributed by atoms with Crippen LogP contribution in [0.15, 0.2) is 22.8 Å². The van der Waals surface area contributed by atoms with E-state index in [1.165, 1.54) is 6.07 Å². The summed E-state index contributed by atoms with van der Waals surface area (Å²) in [5.74, 6) is -1.72. The van der Waals surface area contributed by atoms with E-state index >= 15 is 0 Å². The standard InChI is InChI=1S/C13H15BrF2N4/c1-3-6-17-11(12-13(14)18-19-20(12)2)8-4-5-9(15)10(16)7-8/h4-5,7,11,17H,3,6H2,1-2H3. The van der Waals surface area contributed by atoms with Crippen molar-refractivity contribution in [1.82, 2.24) is 20.3 Å². The third-order valence-corrected chi connectivity index (χ3v) is 3.54. The van der Waals surface area contributed by atoms with E-state index in [1.807, 2.05) is 6.92 Å². The van der Waals surface area contributed by atoms with Crippen LogP contribution in [0.1, 0.15) is 30.6 Å². The molecular formula is C13H15BrF2N4. The molecule has 0 bridgehead atoms. The SMILES string of the molecule is CCCNC(c1ccc(F)c(F)c1)c1c(Br)nnn1C. The average Bonchev–Trinajstić information content (AvgIpc) is 2.75. The normalized spacial score (nSPS) is 12.7. The highest BCUT2D eigenvalue weighted by atomic mass is 79.9. The first kappa shape index (κ1) is 15.1. The summed E-state index contributed by atoms with van der Waals surface area (Å²) < 4.78 is 28.7. The molecule has 0 aliphatic heterocycles. The van der Waals surface area contributed by atoms with Gasteiger partial charge in [-0.1, -0.05) is 18.2 Å². The van der Waals surface area contributed by atoms with Crippen molar-refractivity contribution in [2.24, 2.45) is 7.05 Å². The van der Waals surface area contributed by atoms with Gasteiger partial charge in [0.2, 0.25) is 0 Å². The van der Waals surface area contributed by atoms with Gasteiger partial charge < -0.3 is 5.32 Å². The minimum Gasteiger partial charge on any atom is -0.305 e. The molecule has 0 fully saturated rings. The molecule has 1 aromatic carbocycles. The maximum Gasteiger partial charge on any atom is 0.159 e. The van der Waals surface area contributed by atoms with Crippen molar-refractivity contribution in [3.05, 3.63) is 45.7 Å². The molecule has 4 nitrogen and oxygen atoms in total. The van der Waals surface area contributed by atoms with Gasteiger partial charge in [-0.05, 0) is 46.6 Å². The van der Waals surface area contributed by atoms with Gasteiger partial charge in [0.05, 0.1) is 11.7 Å². The molecule has 2 rings (SSSR count). The monoisotopic (exact) mass is 344 g/mol. The predicted molar refractivity (Wildman–Crippen MR) is 75.2 cm³/mol. The smallest absolute Gasteiger partial charge is 0.159 e. The third-order valence-electron chi connectivity index (χ3n) is 2.98. The zero-order valence-corrected chi connectivity index (χ0v) is 12.8. The number of nitrogens with one attached hydrogen (secondary N) is 1. The van der Waals surface area contributed by atoms with Gasteiger partial charge in [0.15, 0.2) is 16.2 Å². The minimum atomic E-state index is -0.864. The molecule has 0 amide bonds. The molecule has 0 aliphatic carbocycles. The fraction of sp³-hybridized carbons (Fsp3) is 0.385. The zero-order chi connectivity index (χ0) is 14.7. The Morgan fingerprint density at radius 3 is 2.65 bits per heavy atom. The molecule has 0 saturated carbocycles. The quantitative estimate of drug-likeness (QED) is 0.906. The maximum absolute atomic E-state index is 13.5. The Hall–Kier alpha value is -1.34. The predicted octanol–water partition coefficient (Wildman–Crippen LogP) is 2.94. The number of aromatic nitrogens is 3. The van der Waals surface area contributed by atoms with Gasteiger partial charge >= 0.3 is 0 Å². The van der Waals surface area contributed by atoms with Crippen LogP contribution < -0.4 is 5.32 Å². The maximum atomic E-state index is 13.5. The Morgan fingerprint density at radius 2 is 2.10 bits per heavy atom. The van der Waals surface area contributed by atoms with Crippen molar-refractivity contribution >= 4 is 15.9 Å². The number of hydrogen-bond donors (Lipinski definition) is 1. The van der Waals surface area contributed by atoms with Gasteiger partial charge in [-0.15, -0.1) is 5.10 Å². The van der Waals surface area contributed by atoms with Gasteiger partial charge in [0.25, 0.3) is 0 Å². The molecule has 7 heteroatoms. The first-order valence-electron chi connectivity index (χ1n) is 6.28. The molecular weight excluding hydrogens is 330 g/mol. The Balaban J connectivity index is 2.44. The van der Waals surface area contributed by atoms with E-state index in [2.05, 4.69) is 31.6 Å². The van der Waals surface area contributed by atoms with Crippen molar-refractivity contribution in [3.8, 4) is 0 Å². The topological polar surface area (TPSA) is 42.7 Å². The lowest BCUT2D eigenvalue weighted by atomic mass is 10.0. The highest BCUT2D eigenvalue weighted by Crippen LogP contribution is 2.27. The number of hydrogen-bond acceptors (Lipinski definition) is 3. The summed E-state index contributed by atoms with van der Waals surface area (Å²) in [5, 5.41) is 11.2. The number of rotatable bonds is 5. The fourth-order valence-electron chi connectivity index (χ4n) is 2.00. The van der Waals surface area contributed by atoms with E-state index in [4.69, 9.17) is 0 Å². The lowest BCUT2D eigenvalue weighted by Gasteiger charge is -2.19. The van der Waals surface area contributed by atoms with Crippen molar-refractivity contribution in [2.45, 2.75) is 19.4 Å². The second kappa shape index (κ2) is 6.41. The second-order valence-corrected chi connectivity index (χ2v) is 5.20. The summed E-state index contributed by atoms with van der Waals surface area (Å²) >= 11 is 3.34. The highest BCUT2D eigenvalue weighted by molar-refractivity contribution is 9.10. The van der Waals surface area contributed by atoms with Crippen molar-refractivity contribution < 1.29 is 8.78 Å². The van der Waals surface area contributed by atoms with Gasteiger partial charge in [-0.25, -0.2) is 13.5 Å². The van der Waals surface area contributed by atoms with Gasteiger partial charge in [-0.3, -0.25) is 0 Å². The molecule has 0 saturated heterocycles. The molecule has 1 atom stereocenters. The summed E-state index contributed by atoms with van der Waals surface area (Å²) in [7, 11) is 1.76. The minimum absolute atomic E-state index is 0.306. The van der Waals surface area contributed by atoms with Crippen LogP contribution in [0.3, 0.4) is 0 Å². The lowest BCUT2D eigenvalue weighted by molar-refractivity contribution is 0.499. The second-order valence-electron chi connectivity index (χ2n) is 4.45. The summed E-state index contributed by atoms with van der Waals surface area (Å²) in [6.45, 7) is 2.77. The first-order chi connectivity index (χ1) is 9.54. The first-order valence-corrected chi connectivity index (χ1v) is 7.07. The summed E-state index contributed by atoms with van der Waals surface area (Å²) in [6, 6.07) is 3.58. The third kappa shape index (κ3) is 3.04. The molecule has 1 heterocycles. The van der Waals surface area contributed by atoms with E-state index in [0.29, 0.717) is 10.2 Å². The zero-order valence-electron chi connectivity index (χ0n) is 11.2. The Bertz CT molecular complexity index is 581. The highest BCUT2D eigenvalue weighted by Gasteiger charge is 2.22. The Kier molecular flexibility index (Phi) is 4.82. The molecule has 2 aromatic rings. The van der Waals surface area contributed by atoms with Crippen molar-refractivity contribution in [2.75, 3.05) is 6.54 Å². The van der Waals surface area contributed by atoms with E-state index in [9.17, 15) is 8.78 Å². The Labute approximate surface area is 124 Å². The molecule has 0 aliphatic rings. The van der Waals surface area contributed by atoms with Crippen molar-refractivity contribution in [3.63, 3.8) is 0 Å². The van der Waals surface area contributed by atoms with E-state index < -0.39 is 11.6 Å². The van der Waals surface area contributed by atoms with Crippen LogP contribution in [-0.4, -0.2) is 21.5 Å². The van der Waals surface area contributed by atoms with Crippen LogP contribution in [0.2, 0.25) is 0 Å². The fourth-order valence-corrected chi connectivity index (χ4v) is 2.55. The average molecular weight is 345 g/mol. The van der Waals surface area contributed by atoms with E-state index in [1.54, 1.807) is 17.8 Å². The summed E-state index contributed by atoms with van der Waals surface area (Å²) in [4.78, 5) is 0. The number of nitrogens with zero attached hydrogens (tertiary/aromatic N) is 3. The lowest BCUT2D eigenvalue weighted by Crippen LogP contribution is -2.25. The largest absolute Gasteiger partial charge is 0.305 e. The van der Waals surface area contributed by atoms with Crippen LogP contribution in [0, 0.1) is 11.6 Å². The van der Waals surface area contributed by atoms with E-state index in [-0.39, 0.29) is 6.04 Å². The summed E-state index contributed by atoms with van der Waals surface area (Å²) in [6.07, 6.45) is 0.920. The van der Waals surface area contributed by atoms with Gasteiger partial charge in [-0.2, -0.15) is 0 Å². The number of benzene rings is 1. The molecule has 20 heavy (non-hydrogen) atoms. The molecule has 108 valence electrons. The van der Waals surface area contributed by atoms with Gasteiger partial charge in [0.1, 0.15) is 0 Å². The summed E-state index contributed by atoms with van der Waals surface area (Å²) in [5.41, 5.74) is 1.40. The molecule has 1 aromatic heterocycles.